The Hall–Kier alpha value is -1.47. The molecule has 1 aromatic carbocycles. The van der Waals surface area contributed by atoms with Crippen LogP contribution in [0.5, 0.6) is 11.5 Å². The molecule has 1 heterocycles. The molecule has 0 saturated carbocycles. The third-order valence-corrected chi connectivity index (χ3v) is 3.61. The quantitative estimate of drug-likeness (QED) is 0.903. The van der Waals surface area contributed by atoms with Crippen LogP contribution < -0.4 is 14.8 Å². The molecule has 1 N–H and O–H groups in total. The van der Waals surface area contributed by atoms with E-state index in [9.17, 15) is 13.2 Å². The van der Waals surface area contributed by atoms with Crippen LogP contribution in [0.25, 0.3) is 0 Å². The number of nitrogens with one attached hydrogen (secondary N) is 1. The molecule has 0 amide bonds. The van der Waals surface area contributed by atoms with Crippen molar-refractivity contribution in [3.05, 3.63) is 23.5 Å². The fraction of sp³-hybridized carbons (Fsp3) is 0.571. The van der Waals surface area contributed by atoms with Crippen LogP contribution in [0.1, 0.15) is 11.6 Å². The molecule has 0 spiro atoms. The van der Waals surface area contributed by atoms with Gasteiger partial charge in [-0.2, -0.15) is 0 Å². The lowest BCUT2D eigenvalue weighted by atomic mass is 10.0. The topological polar surface area (TPSA) is 33.7 Å². The minimum Gasteiger partial charge on any atom is -0.493 e. The second-order valence-electron chi connectivity index (χ2n) is 4.79. The van der Waals surface area contributed by atoms with Crippen LogP contribution in [0.15, 0.2) is 12.1 Å². The maximum absolute atomic E-state index is 14.2. The van der Waals surface area contributed by atoms with Crippen molar-refractivity contribution in [3.63, 3.8) is 0 Å². The average Bonchev–Trinajstić information content (AvgIpc) is 2.49. The zero-order valence-electron chi connectivity index (χ0n) is 12.0. The summed E-state index contributed by atoms with van der Waals surface area (Å²) in [5, 5.41) is 3.09. The molecule has 1 aliphatic heterocycles. The number of nitrogens with zero attached hydrogens (tertiary/aromatic N) is 1. The molecule has 0 aromatic heterocycles. The van der Waals surface area contributed by atoms with Gasteiger partial charge in [0.2, 0.25) is 0 Å². The third kappa shape index (κ3) is 3.41. The lowest BCUT2D eigenvalue weighted by Gasteiger charge is -2.35. The molecule has 0 unspecified atom stereocenters. The highest BCUT2D eigenvalue weighted by Gasteiger charge is 2.33. The largest absolute Gasteiger partial charge is 0.493 e. The summed E-state index contributed by atoms with van der Waals surface area (Å²) in [7, 11) is 2.76. The van der Waals surface area contributed by atoms with E-state index < -0.39 is 18.3 Å². The maximum atomic E-state index is 14.2. The van der Waals surface area contributed by atoms with Crippen molar-refractivity contribution in [2.45, 2.75) is 12.5 Å². The molecule has 1 saturated heterocycles. The SMILES string of the molecule is COc1cc(F)c([C@@H](C(F)F)N2CCNCC2)cc1OC. The number of methoxy groups -OCH3 is 2. The average molecular weight is 304 g/mol. The first-order chi connectivity index (χ1) is 10.1. The van der Waals surface area contributed by atoms with Gasteiger partial charge in [0.1, 0.15) is 5.82 Å². The van der Waals surface area contributed by atoms with Crippen LogP contribution in [0.2, 0.25) is 0 Å². The molecule has 1 aliphatic rings. The van der Waals surface area contributed by atoms with E-state index in [1.165, 1.54) is 20.3 Å². The first kappa shape index (κ1) is 15.9. The smallest absolute Gasteiger partial charge is 0.258 e. The fourth-order valence-electron chi connectivity index (χ4n) is 2.55. The van der Waals surface area contributed by atoms with Gasteiger partial charge in [0.25, 0.3) is 6.43 Å². The summed E-state index contributed by atoms with van der Waals surface area (Å²) < 4.78 is 51.2. The third-order valence-electron chi connectivity index (χ3n) is 3.61. The van der Waals surface area contributed by atoms with Crippen molar-refractivity contribution in [1.82, 2.24) is 10.2 Å². The molecule has 0 bridgehead atoms. The summed E-state index contributed by atoms with van der Waals surface area (Å²) >= 11 is 0. The molecule has 1 fully saturated rings. The molecule has 118 valence electrons. The van der Waals surface area contributed by atoms with Crippen molar-refractivity contribution in [3.8, 4) is 11.5 Å². The van der Waals surface area contributed by atoms with Crippen molar-refractivity contribution in [2.75, 3.05) is 40.4 Å². The van der Waals surface area contributed by atoms with Crippen molar-refractivity contribution in [1.29, 1.82) is 0 Å². The normalized spacial score (nSPS) is 17.8. The molecule has 7 heteroatoms. The molecule has 0 radical (unpaired) electrons. The van der Waals surface area contributed by atoms with Crippen LogP contribution in [0, 0.1) is 5.82 Å². The first-order valence-electron chi connectivity index (χ1n) is 6.72. The van der Waals surface area contributed by atoms with Gasteiger partial charge in [0.05, 0.1) is 20.3 Å². The highest BCUT2D eigenvalue weighted by molar-refractivity contribution is 5.45. The van der Waals surface area contributed by atoms with Gasteiger partial charge in [0.15, 0.2) is 11.5 Å². The molecule has 0 aliphatic carbocycles. The Morgan fingerprint density at radius 2 is 1.67 bits per heavy atom. The number of benzene rings is 1. The van der Waals surface area contributed by atoms with Crippen molar-refractivity contribution in [2.24, 2.45) is 0 Å². The molecule has 2 rings (SSSR count). The van der Waals surface area contributed by atoms with Crippen LogP contribution in [0.4, 0.5) is 13.2 Å². The second-order valence-corrected chi connectivity index (χ2v) is 4.79. The Balaban J connectivity index is 2.39. The standard InChI is InChI=1S/C14H19F3N2O2/c1-20-11-7-9(10(15)8-12(11)21-2)13(14(16)17)19-5-3-18-4-6-19/h7-8,13-14,18H,3-6H2,1-2H3/t13-/m0/s1. The molecule has 1 atom stereocenters. The predicted octanol–water partition coefficient (Wildman–Crippen LogP) is 2.05. The summed E-state index contributed by atoms with van der Waals surface area (Å²) in [5.74, 6) is -0.279. The Bertz CT molecular complexity index is 480. The zero-order chi connectivity index (χ0) is 15.4. The number of halogens is 3. The Kier molecular flexibility index (Phi) is 5.30. The molecular formula is C14H19F3N2O2. The highest BCUT2D eigenvalue weighted by Crippen LogP contribution is 2.36. The number of alkyl halides is 2. The number of ether oxygens (including phenoxy) is 2. The van der Waals surface area contributed by atoms with Gasteiger partial charge < -0.3 is 14.8 Å². The Labute approximate surface area is 121 Å². The summed E-state index contributed by atoms with van der Waals surface area (Å²) in [5.41, 5.74) is -0.0652. The highest BCUT2D eigenvalue weighted by atomic mass is 19.3. The van der Waals surface area contributed by atoms with Crippen molar-refractivity contribution < 1.29 is 22.6 Å². The zero-order valence-corrected chi connectivity index (χ0v) is 12.0. The van der Waals surface area contributed by atoms with Gasteiger partial charge in [-0.3, -0.25) is 4.90 Å². The summed E-state index contributed by atoms with van der Waals surface area (Å²) in [4.78, 5) is 1.59. The number of rotatable bonds is 5. The van der Waals surface area contributed by atoms with Gasteiger partial charge in [-0.1, -0.05) is 0 Å². The molecular weight excluding hydrogens is 285 g/mol. The number of hydrogen-bond acceptors (Lipinski definition) is 4. The maximum Gasteiger partial charge on any atom is 0.258 e. The predicted molar refractivity (Wildman–Crippen MR) is 72.7 cm³/mol. The molecule has 1 aromatic rings. The van der Waals surface area contributed by atoms with E-state index >= 15 is 0 Å². The second kappa shape index (κ2) is 7.00. The van der Waals surface area contributed by atoms with Crippen molar-refractivity contribution >= 4 is 0 Å². The van der Waals surface area contributed by atoms with Gasteiger partial charge >= 0.3 is 0 Å². The molecule has 4 nitrogen and oxygen atoms in total. The minimum atomic E-state index is -2.68. The monoisotopic (exact) mass is 304 g/mol. The van der Waals surface area contributed by atoms with Crippen LogP contribution in [0.3, 0.4) is 0 Å². The summed E-state index contributed by atoms with van der Waals surface area (Å²) in [6, 6.07) is 1.10. The number of hydrogen-bond donors (Lipinski definition) is 1. The number of piperazine rings is 1. The summed E-state index contributed by atoms with van der Waals surface area (Å²) in [6.07, 6.45) is -2.68. The van der Waals surface area contributed by atoms with Gasteiger partial charge in [-0.25, -0.2) is 13.2 Å². The van der Waals surface area contributed by atoms with E-state index in [-0.39, 0.29) is 17.1 Å². The van der Waals surface area contributed by atoms with Gasteiger partial charge in [-0.15, -0.1) is 0 Å². The summed E-state index contributed by atoms with van der Waals surface area (Å²) in [6.45, 7) is 2.11. The first-order valence-corrected chi connectivity index (χ1v) is 6.72. The van der Waals surface area contributed by atoms with Crippen LogP contribution in [-0.4, -0.2) is 51.7 Å². The lowest BCUT2D eigenvalue weighted by Crippen LogP contribution is -2.47. The van der Waals surface area contributed by atoms with E-state index in [2.05, 4.69) is 5.32 Å². The molecule has 21 heavy (non-hydrogen) atoms. The van der Waals surface area contributed by atoms with E-state index in [1.54, 1.807) is 4.90 Å². The Morgan fingerprint density at radius 3 is 2.19 bits per heavy atom. The van der Waals surface area contributed by atoms with E-state index in [1.807, 2.05) is 0 Å². The minimum absolute atomic E-state index is 0.0652. The van der Waals surface area contributed by atoms with Gasteiger partial charge in [-0.05, 0) is 6.07 Å². The van der Waals surface area contributed by atoms with Crippen LogP contribution in [-0.2, 0) is 0 Å². The van der Waals surface area contributed by atoms with Crippen LogP contribution >= 0.6 is 0 Å². The lowest BCUT2D eigenvalue weighted by molar-refractivity contribution is 0.0162. The fourth-order valence-corrected chi connectivity index (χ4v) is 2.55. The van der Waals surface area contributed by atoms with Gasteiger partial charge in [0, 0.05) is 37.8 Å². The van der Waals surface area contributed by atoms with E-state index in [0.717, 1.165) is 6.07 Å². The van der Waals surface area contributed by atoms with E-state index in [4.69, 9.17) is 9.47 Å². The van der Waals surface area contributed by atoms with E-state index in [0.29, 0.717) is 26.2 Å². The Morgan fingerprint density at radius 1 is 1.10 bits per heavy atom.